The van der Waals surface area contributed by atoms with Crippen LogP contribution in [-0.4, -0.2) is 42.3 Å². The molecule has 2 aromatic carbocycles. The number of carboxylic acids is 1. The number of alkyl carbamates (subject to hydrolysis) is 1. The van der Waals surface area contributed by atoms with Crippen LogP contribution in [0.2, 0.25) is 0 Å². The van der Waals surface area contributed by atoms with E-state index in [0.717, 1.165) is 6.42 Å². The van der Waals surface area contributed by atoms with Crippen LogP contribution < -0.4 is 10.6 Å². The first-order chi connectivity index (χ1) is 16.4. The maximum absolute atomic E-state index is 12.2. The maximum atomic E-state index is 12.2. The summed E-state index contributed by atoms with van der Waals surface area (Å²) in [7, 11) is 0. The molecule has 0 saturated heterocycles. The minimum atomic E-state index is -0.888. The van der Waals surface area contributed by atoms with Gasteiger partial charge in [-0.15, -0.1) is 0 Å². The van der Waals surface area contributed by atoms with Crippen LogP contribution in [0.3, 0.4) is 0 Å². The molecule has 2 aliphatic rings. The first-order valence-corrected chi connectivity index (χ1v) is 12.0. The molecule has 2 unspecified atom stereocenters. The second kappa shape index (κ2) is 10.3. The molecule has 0 bridgehead atoms. The molecule has 0 spiro atoms. The van der Waals surface area contributed by atoms with Gasteiger partial charge in [-0.25, -0.2) is 4.79 Å². The molecule has 1 saturated carbocycles. The van der Waals surface area contributed by atoms with E-state index in [0.29, 0.717) is 38.6 Å². The number of benzene rings is 2. The average molecular weight is 465 g/mol. The standard InChI is InChI=1S/C27H32N2O5/c1-27(25(31)32)15-8-13-23(27)29-24(30)14-6-7-16-28-26(33)34-17-22-20-11-4-2-9-18(20)19-10-3-5-12-21(19)22/h2-5,9-12,22-23H,6-8,13-17H2,1H3,(H,28,33)(H,29,30)(H,31,32). The molecule has 1 fully saturated rings. The summed E-state index contributed by atoms with van der Waals surface area (Å²) in [5.74, 6) is -0.975. The van der Waals surface area contributed by atoms with Crippen LogP contribution >= 0.6 is 0 Å². The van der Waals surface area contributed by atoms with E-state index in [4.69, 9.17) is 4.74 Å². The van der Waals surface area contributed by atoms with Crippen molar-refractivity contribution in [1.29, 1.82) is 0 Å². The summed E-state index contributed by atoms with van der Waals surface area (Å²) in [6, 6.07) is 16.1. The number of nitrogens with one attached hydrogen (secondary N) is 2. The average Bonchev–Trinajstić information content (AvgIpc) is 3.36. The lowest BCUT2D eigenvalue weighted by atomic mass is 9.85. The van der Waals surface area contributed by atoms with Crippen LogP contribution in [0, 0.1) is 5.41 Å². The topological polar surface area (TPSA) is 105 Å². The second-order valence-corrected chi connectivity index (χ2v) is 9.44. The number of carboxylic acid groups (broad SMARTS) is 1. The summed E-state index contributed by atoms with van der Waals surface area (Å²) in [5.41, 5.74) is 3.83. The Kier molecular flexibility index (Phi) is 7.20. The van der Waals surface area contributed by atoms with Crippen LogP contribution in [0.15, 0.2) is 48.5 Å². The predicted octanol–water partition coefficient (Wildman–Crippen LogP) is 4.46. The lowest BCUT2D eigenvalue weighted by molar-refractivity contribution is -0.149. The van der Waals surface area contributed by atoms with Crippen molar-refractivity contribution in [1.82, 2.24) is 10.6 Å². The maximum Gasteiger partial charge on any atom is 0.407 e. The van der Waals surface area contributed by atoms with Gasteiger partial charge in [-0.1, -0.05) is 55.0 Å². The zero-order chi connectivity index (χ0) is 24.1. The van der Waals surface area contributed by atoms with E-state index >= 15 is 0 Å². The van der Waals surface area contributed by atoms with Crippen molar-refractivity contribution in [3.8, 4) is 11.1 Å². The van der Waals surface area contributed by atoms with Crippen molar-refractivity contribution in [2.24, 2.45) is 5.41 Å². The third-order valence-corrected chi connectivity index (χ3v) is 7.23. The number of amides is 2. The van der Waals surface area contributed by atoms with Crippen LogP contribution in [0.4, 0.5) is 4.79 Å². The minimum Gasteiger partial charge on any atom is -0.481 e. The number of rotatable bonds is 9. The summed E-state index contributed by atoms with van der Waals surface area (Å²) in [6.45, 7) is 2.39. The quantitative estimate of drug-likeness (QED) is 0.476. The van der Waals surface area contributed by atoms with Crippen LogP contribution in [-0.2, 0) is 14.3 Å². The van der Waals surface area contributed by atoms with E-state index in [1.54, 1.807) is 6.92 Å². The Bertz CT molecular complexity index is 1020. The van der Waals surface area contributed by atoms with Crippen LogP contribution in [0.5, 0.6) is 0 Å². The molecule has 0 aliphatic heterocycles. The van der Waals surface area contributed by atoms with E-state index in [9.17, 15) is 19.5 Å². The number of unbranched alkanes of at least 4 members (excludes halogenated alkanes) is 1. The highest BCUT2D eigenvalue weighted by Crippen LogP contribution is 2.44. The SMILES string of the molecule is CC1(C(=O)O)CCCC1NC(=O)CCCCNC(=O)OCC1c2ccccc2-c2ccccc21. The third kappa shape index (κ3) is 4.93. The Labute approximate surface area is 199 Å². The Balaban J connectivity index is 1.16. The largest absolute Gasteiger partial charge is 0.481 e. The van der Waals surface area contributed by atoms with Gasteiger partial charge < -0.3 is 20.5 Å². The number of carbonyl (C=O) groups excluding carboxylic acids is 2. The summed E-state index contributed by atoms with van der Waals surface area (Å²) in [5, 5.41) is 15.1. The molecule has 3 N–H and O–H groups in total. The summed E-state index contributed by atoms with van der Waals surface area (Å²) >= 11 is 0. The molecule has 0 radical (unpaired) electrons. The van der Waals surface area contributed by atoms with Crippen LogP contribution in [0.25, 0.3) is 11.1 Å². The first kappa shape index (κ1) is 23.8. The predicted molar refractivity (Wildman–Crippen MR) is 128 cm³/mol. The van der Waals surface area contributed by atoms with Crippen LogP contribution in [0.1, 0.15) is 62.5 Å². The monoisotopic (exact) mass is 464 g/mol. The van der Waals surface area contributed by atoms with Gasteiger partial charge in [-0.2, -0.15) is 0 Å². The number of hydrogen-bond donors (Lipinski definition) is 3. The number of ether oxygens (including phenoxy) is 1. The minimum absolute atomic E-state index is 0.0221. The third-order valence-electron chi connectivity index (χ3n) is 7.23. The molecule has 180 valence electrons. The fourth-order valence-electron chi connectivity index (χ4n) is 5.17. The Hall–Kier alpha value is -3.35. The molecular formula is C27H32N2O5. The smallest absolute Gasteiger partial charge is 0.407 e. The lowest BCUT2D eigenvalue weighted by Gasteiger charge is -2.27. The van der Waals surface area contributed by atoms with Crippen molar-refractivity contribution in [2.75, 3.05) is 13.2 Å². The number of carbonyl (C=O) groups is 3. The fourth-order valence-corrected chi connectivity index (χ4v) is 5.17. The van der Waals surface area contributed by atoms with Crippen molar-refractivity contribution in [3.05, 3.63) is 59.7 Å². The molecule has 7 heteroatoms. The Morgan fingerprint density at radius 2 is 1.68 bits per heavy atom. The van der Waals surface area contributed by atoms with Crippen molar-refractivity contribution < 1.29 is 24.2 Å². The van der Waals surface area contributed by atoms with Crippen molar-refractivity contribution >= 4 is 18.0 Å². The molecule has 7 nitrogen and oxygen atoms in total. The normalized spacial score (nSPS) is 20.9. The van der Waals surface area contributed by atoms with E-state index in [1.165, 1.54) is 22.3 Å². The molecule has 0 heterocycles. The molecule has 0 aromatic heterocycles. The molecule has 2 atom stereocenters. The van der Waals surface area contributed by atoms with Gasteiger partial charge in [-0.3, -0.25) is 9.59 Å². The molecule has 2 aliphatic carbocycles. The highest BCUT2D eigenvalue weighted by atomic mass is 16.5. The Morgan fingerprint density at radius 1 is 1.03 bits per heavy atom. The number of hydrogen-bond acceptors (Lipinski definition) is 4. The molecule has 2 amide bonds. The van der Waals surface area contributed by atoms with Gasteiger partial charge in [0.2, 0.25) is 5.91 Å². The van der Waals surface area contributed by atoms with E-state index in [1.807, 2.05) is 24.3 Å². The van der Waals surface area contributed by atoms with Crippen molar-refractivity contribution in [2.45, 2.75) is 57.4 Å². The number of aliphatic carboxylic acids is 1. The van der Waals surface area contributed by atoms with E-state index in [-0.39, 0.29) is 24.5 Å². The Morgan fingerprint density at radius 3 is 2.32 bits per heavy atom. The van der Waals surface area contributed by atoms with Crippen molar-refractivity contribution in [3.63, 3.8) is 0 Å². The van der Waals surface area contributed by atoms with Gasteiger partial charge in [0.25, 0.3) is 0 Å². The van der Waals surface area contributed by atoms with E-state index < -0.39 is 17.5 Å². The molecule has 34 heavy (non-hydrogen) atoms. The zero-order valence-electron chi connectivity index (χ0n) is 19.5. The van der Waals surface area contributed by atoms with Gasteiger partial charge >= 0.3 is 12.1 Å². The van der Waals surface area contributed by atoms with Gasteiger partial charge in [-0.05, 0) is 54.9 Å². The molecular weight excluding hydrogens is 432 g/mol. The lowest BCUT2D eigenvalue weighted by Crippen LogP contribution is -2.47. The van der Waals surface area contributed by atoms with Gasteiger partial charge in [0.15, 0.2) is 0 Å². The number of fused-ring (bicyclic) bond motifs is 3. The first-order valence-electron chi connectivity index (χ1n) is 12.0. The highest BCUT2D eigenvalue weighted by molar-refractivity contribution is 5.80. The van der Waals surface area contributed by atoms with Gasteiger partial charge in [0, 0.05) is 24.9 Å². The second-order valence-electron chi connectivity index (χ2n) is 9.44. The highest BCUT2D eigenvalue weighted by Gasteiger charge is 2.45. The van der Waals surface area contributed by atoms with E-state index in [2.05, 4.69) is 34.9 Å². The van der Waals surface area contributed by atoms with Gasteiger partial charge in [0.1, 0.15) is 6.61 Å². The fraction of sp³-hybridized carbons (Fsp3) is 0.444. The zero-order valence-corrected chi connectivity index (χ0v) is 19.5. The van der Waals surface area contributed by atoms with Gasteiger partial charge in [0.05, 0.1) is 5.41 Å². The summed E-state index contributed by atoms with van der Waals surface area (Å²) < 4.78 is 5.52. The molecule has 4 rings (SSSR count). The molecule has 2 aromatic rings. The summed E-state index contributed by atoms with van der Waals surface area (Å²) in [4.78, 5) is 36.0. The summed E-state index contributed by atoms with van der Waals surface area (Å²) in [6.07, 6.45) is 3.16.